The summed E-state index contributed by atoms with van der Waals surface area (Å²) in [6.07, 6.45) is 2.60. The Bertz CT molecular complexity index is 865. The fraction of sp³-hybridized carbons (Fsp3) is 0.182. The molecule has 0 fully saturated rings. The molecule has 112 valence electrons. The topological polar surface area (TPSA) is 129 Å². The lowest BCUT2D eigenvalue weighted by atomic mass is 10.2. The van der Waals surface area contributed by atoms with Crippen LogP contribution in [0.2, 0.25) is 0 Å². The van der Waals surface area contributed by atoms with Crippen LogP contribution in [0.3, 0.4) is 0 Å². The Labute approximate surface area is 120 Å². The van der Waals surface area contributed by atoms with Crippen LogP contribution in [-0.4, -0.2) is 28.7 Å². The first-order valence-electron chi connectivity index (χ1n) is 5.73. The molecule has 2 aromatic heterocycles. The standard InChI is InChI=1S/C11H13N5O4S/c1-15-4-3-7(5-9(15)17)11(18)13-10-8(21(12,19)20)6-16(2)14-10/h3-6H,1-2H3,(H2,12,19,20)(H,13,14,18). The lowest BCUT2D eigenvalue weighted by Crippen LogP contribution is -2.21. The van der Waals surface area contributed by atoms with Crippen LogP contribution in [-0.2, 0) is 24.1 Å². The highest BCUT2D eigenvalue weighted by Gasteiger charge is 2.20. The van der Waals surface area contributed by atoms with Crippen molar-refractivity contribution in [1.29, 1.82) is 0 Å². The van der Waals surface area contributed by atoms with Gasteiger partial charge in [-0.15, -0.1) is 0 Å². The summed E-state index contributed by atoms with van der Waals surface area (Å²) in [5.74, 6) is -0.845. The highest BCUT2D eigenvalue weighted by Crippen LogP contribution is 2.17. The van der Waals surface area contributed by atoms with Crippen molar-refractivity contribution in [2.75, 3.05) is 5.32 Å². The van der Waals surface area contributed by atoms with Gasteiger partial charge < -0.3 is 9.88 Å². The molecule has 0 bridgehead atoms. The molecule has 2 rings (SSSR count). The van der Waals surface area contributed by atoms with Gasteiger partial charge in [0.2, 0.25) is 10.0 Å². The van der Waals surface area contributed by atoms with Gasteiger partial charge in [-0.3, -0.25) is 14.3 Å². The zero-order valence-electron chi connectivity index (χ0n) is 11.3. The lowest BCUT2D eigenvalue weighted by Gasteiger charge is -2.04. The smallest absolute Gasteiger partial charge is 0.257 e. The quantitative estimate of drug-likeness (QED) is 0.752. The van der Waals surface area contributed by atoms with E-state index >= 15 is 0 Å². The number of hydrogen-bond donors (Lipinski definition) is 2. The lowest BCUT2D eigenvalue weighted by molar-refractivity contribution is 0.102. The van der Waals surface area contributed by atoms with Crippen LogP contribution in [0.15, 0.2) is 34.2 Å². The van der Waals surface area contributed by atoms with Gasteiger partial charge in [0.15, 0.2) is 5.82 Å². The summed E-state index contributed by atoms with van der Waals surface area (Å²) in [7, 11) is -0.987. The number of nitrogens with one attached hydrogen (secondary N) is 1. The number of hydrogen-bond acceptors (Lipinski definition) is 5. The van der Waals surface area contributed by atoms with Crippen molar-refractivity contribution in [1.82, 2.24) is 14.3 Å². The number of sulfonamides is 1. The van der Waals surface area contributed by atoms with Crippen molar-refractivity contribution in [3.8, 4) is 0 Å². The number of carbonyl (C=O) groups excluding carboxylic acids is 1. The number of nitrogens with zero attached hydrogens (tertiary/aromatic N) is 3. The molecule has 21 heavy (non-hydrogen) atoms. The van der Waals surface area contributed by atoms with Gasteiger partial charge in [-0.05, 0) is 6.07 Å². The minimum Gasteiger partial charge on any atom is -0.319 e. The number of anilines is 1. The summed E-state index contributed by atoms with van der Waals surface area (Å²) < 4.78 is 25.3. The molecule has 0 aliphatic heterocycles. The molecule has 10 heteroatoms. The second-order valence-electron chi connectivity index (χ2n) is 4.38. The number of amides is 1. The van der Waals surface area contributed by atoms with E-state index in [0.717, 1.165) is 6.07 Å². The van der Waals surface area contributed by atoms with Crippen molar-refractivity contribution in [3.05, 3.63) is 40.4 Å². The van der Waals surface area contributed by atoms with Crippen LogP contribution < -0.4 is 16.0 Å². The van der Waals surface area contributed by atoms with Crippen molar-refractivity contribution in [3.63, 3.8) is 0 Å². The van der Waals surface area contributed by atoms with Crippen LogP contribution in [0.4, 0.5) is 5.82 Å². The van der Waals surface area contributed by atoms with Gasteiger partial charge in [-0.1, -0.05) is 0 Å². The summed E-state index contributed by atoms with van der Waals surface area (Å²) in [5.41, 5.74) is -0.278. The van der Waals surface area contributed by atoms with Crippen LogP contribution in [0.1, 0.15) is 10.4 Å². The first-order chi connectivity index (χ1) is 9.68. The number of primary sulfonamides is 1. The predicted octanol–water partition coefficient (Wildman–Crippen LogP) is -0.982. The Morgan fingerprint density at radius 2 is 2.05 bits per heavy atom. The van der Waals surface area contributed by atoms with Crippen molar-refractivity contribution < 1.29 is 13.2 Å². The molecule has 3 N–H and O–H groups in total. The molecule has 2 aromatic rings. The van der Waals surface area contributed by atoms with Gasteiger partial charge in [-0.2, -0.15) is 5.10 Å². The first kappa shape index (κ1) is 14.9. The van der Waals surface area contributed by atoms with Gasteiger partial charge >= 0.3 is 0 Å². The third-order valence-corrected chi connectivity index (χ3v) is 3.61. The highest BCUT2D eigenvalue weighted by atomic mass is 32.2. The molecule has 9 nitrogen and oxygen atoms in total. The van der Waals surface area contributed by atoms with E-state index in [-0.39, 0.29) is 21.8 Å². The van der Waals surface area contributed by atoms with E-state index in [9.17, 15) is 18.0 Å². The van der Waals surface area contributed by atoms with E-state index in [2.05, 4.69) is 10.4 Å². The average Bonchev–Trinajstić information content (AvgIpc) is 2.73. The molecule has 0 atom stereocenters. The Morgan fingerprint density at radius 1 is 1.38 bits per heavy atom. The van der Waals surface area contributed by atoms with E-state index < -0.39 is 15.9 Å². The monoisotopic (exact) mass is 311 g/mol. The Balaban J connectivity index is 2.36. The van der Waals surface area contributed by atoms with E-state index in [0.29, 0.717) is 0 Å². The van der Waals surface area contributed by atoms with E-state index in [1.54, 1.807) is 7.05 Å². The minimum atomic E-state index is -4.02. The second kappa shape index (κ2) is 5.14. The predicted molar refractivity (Wildman–Crippen MR) is 74.2 cm³/mol. The normalized spacial score (nSPS) is 11.4. The molecule has 2 heterocycles. The molecule has 0 saturated carbocycles. The third-order valence-electron chi connectivity index (χ3n) is 2.70. The zero-order valence-corrected chi connectivity index (χ0v) is 12.1. The molecule has 0 unspecified atom stereocenters. The minimum absolute atomic E-state index is 0.0872. The number of carbonyl (C=O) groups is 1. The molecule has 0 aliphatic rings. The molecular formula is C11H13N5O4S. The molecule has 1 amide bonds. The van der Waals surface area contributed by atoms with Gasteiger partial charge in [0.05, 0.1) is 0 Å². The van der Waals surface area contributed by atoms with Crippen LogP contribution in [0, 0.1) is 0 Å². The summed E-state index contributed by atoms with van der Waals surface area (Å²) >= 11 is 0. The zero-order chi connectivity index (χ0) is 15.8. The van der Waals surface area contributed by atoms with Crippen molar-refractivity contribution >= 4 is 21.7 Å². The maximum Gasteiger partial charge on any atom is 0.257 e. The van der Waals surface area contributed by atoms with Crippen LogP contribution in [0.5, 0.6) is 0 Å². The Morgan fingerprint density at radius 3 is 2.62 bits per heavy atom. The van der Waals surface area contributed by atoms with Crippen molar-refractivity contribution in [2.24, 2.45) is 19.2 Å². The summed E-state index contributed by atoms with van der Waals surface area (Å²) in [4.78, 5) is 23.2. The number of nitrogens with two attached hydrogens (primary N) is 1. The average molecular weight is 311 g/mol. The van der Waals surface area contributed by atoms with Gasteiger partial charge in [-0.25, -0.2) is 13.6 Å². The SMILES string of the molecule is Cn1cc(S(N)(=O)=O)c(NC(=O)c2ccn(C)c(=O)c2)n1. The van der Waals surface area contributed by atoms with Crippen LogP contribution in [0.25, 0.3) is 0 Å². The number of aryl methyl sites for hydroxylation is 2. The summed E-state index contributed by atoms with van der Waals surface area (Å²) in [6, 6.07) is 2.56. The fourth-order valence-corrected chi connectivity index (χ4v) is 2.29. The molecule has 0 aliphatic carbocycles. The number of pyridine rings is 1. The van der Waals surface area contributed by atoms with Crippen LogP contribution >= 0.6 is 0 Å². The highest BCUT2D eigenvalue weighted by molar-refractivity contribution is 7.89. The Kier molecular flexibility index (Phi) is 3.66. The largest absolute Gasteiger partial charge is 0.319 e. The first-order valence-corrected chi connectivity index (χ1v) is 7.27. The summed E-state index contributed by atoms with van der Waals surface area (Å²) in [5, 5.41) is 11.2. The maximum absolute atomic E-state index is 12.0. The van der Waals surface area contributed by atoms with E-state index in [1.807, 2.05) is 0 Å². The van der Waals surface area contributed by atoms with Gasteiger partial charge in [0.1, 0.15) is 4.90 Å². The number of aromatic nitrogens is 3. The second-order valence-corrected chi connectivity index (χ2v) is 5.91. The fourth-order valence-electron chi connectivity index (χ4n) is 1.63. The molecule has 0 radical (unpaired) electrons. The maximum atomic E-state index is 12.0. The number of rotatable bonds is 3. The Hall–Kier alpha value is -2.46. The third kappa shape index (κ3) is 3.17. The van der Waals surface area contributed by atoms with E-state index in [1.165, 1.54) is 34.8 Å². The van der Waals surface area contributed by atoms with E-state index in [4.69, 9.17) is 5.14 Å². The van der Waals surface area contributed by atoms with Gasteiger partial charge in [0.25, 0.3) is 11.5 Å². The molecule has 0 aromatic carbocycles. The molecule has 0 spiro atoms. The van der Waals surface area contributed by atoms with Crippen molar-refractivity contribution in [2.45, 2.75) is 4.90 Å². The summed E-state index contributed by atoms with van der Waals surface area (Å²) in [6.45, 7) is 0. The van der Waals surface area contributed by atoms with Gasteiger partial charge in [0, 0.05) is 38.1 Å². The molecular weight excluding hydrogens is 298 g/mol. The molecule has 0 saturated heterocycles.